The van der Waals surface area contributed by atoms with Crippen LogP contribution in [0.5, 0.6) is 0 Å². The third-order valence-electron chi connectivity index (χ3n) is 13.9. The Labute approximate surface area is 371 Å². The van der Waals surface area contributed by atoms with Gasteiger partial charge in [0.05, 0.1) is 55.2 Å². The third kappa shape index (κ3) is 4.71. The average molecular weight is 829 g/mol. The zero-order chi connectivity index (χ0) is 42.3. The Morgan fingerprint density at radius 1 is 0.231 bits per heavy atom. The monoisotopic (exact) mass is 828 g/mol. The highest BCUT2D eigenvalue weighted by Gasteiger charge is 2.21. The second kappa shape index (κ2) is 12.9. The first-order chi connectivity index (χ1) is 32.3. The summed E-state index contributed by atoms with van der Waals surface area (Å²) < 4.78 is 16.4. The Morgan fingerprint density at radius 2 is 0.585 bits per heavy atom. The molecule has 0 fully saturated rings. The van der Waals surface area contributed by atoms with Crippen molar-refractivity contribution in [1.82, 2.24) is 18.3 Å². The summed E-state index contributed by atoms with van der Waals surface area (Å²) in [5.74, 6) is 0. The number of benzene rings is 10. The van der Waals surface area contributed by atoms with E-state index in [0.29, 0.717) is 0 Å². The highest BCUT2D eigenvalue weighted by molar-refractivity contribution is 6.16. The molecule has 10 aromatic carbocycles. The van der Waals surface area contributed by atoms with E-state index in [-0.39, 0.29) is 0 Å². The van der Waals surface area contributed by atoms with E-state index in [1.165, 1.54) is 76.2 Å². The van der Waals surface area contributed by atoms with Crippen LogP contribution in [0.15, 0.2) is 223 Å². The number of hydrogen-bond donors (Lipinski definition) is 0. The summed E-state index contributed by atoms with van der Waals surface area (Å²) in [6, 6.07) is 79.4. The van der Waals surface area contributed by atoms with Crippen molar-refractivity contribution >= 4 is 109 Å². The predicted molar refractivity (Wildman–Crippen MR) is 271 cm³/mol. The van der Waals surface area contributed by atoms with E-state index < -0.39 is 0 Å². The molecule has 0 saturated heterocycles. The van der Waals surface area contributed by atoms with Gasteiger partial charge < -0.3 is 22.7 Å². The van der Waals surface area contributed by atoms with Crippen LogP contribution in [-0.4, -0.2) is 18.3 Å². The van der Waals surface area contributed by atoms with Gasteiger partial charge in [-0.15, -0.1) is 0 Å². The molecular formula is C60H36N4O. The van der Waals surface area contributed by atoms with Crippen LogP contribution in [0, 0.1) is 0 Å². The van der Waals surface area contributed by atoms with Gasteiger partial charge in [-0.25, -0.2) is 0 Å². The molecule has 0 aliphatic heterocycles. The minimum atomic E-state index is 0.860. The van der Waals surface area contributed by atoms with Gasteiger partial charge in [-0.05, 0) is 97.1 Å². The lowest BCUT2D eigenvalue weighted by Gasteiger charge is -2.11. The van der Waals surface area contributed by atoms with Gasteiger partial charge in [0.2, 0.25) is 0 Å². The third-order valence-corrected chi connectivity index (χ3v) is 13.9. The molecule has 0 unspecified atom stereocenters. The highest BCUT2D eigenvalue weighted by Crippen LogP contribution is 2.42. The van der Waals surface area contributed by atoms with Gasteiger partial charge in [-0.1, -0.05) is 115 Å². The SMILES string of the molecule is c1cc(-n2c3ccccc3c3ccccc32)c2c(c1)oc1cc(-n3c4ccccc4c4cc(-n5c6ccccc6c6cc(-n7c8ccccc8c8ccccc87)ccc65)ccc43)ccc12. The van der Waals surface area contributed by atoms with Gasteiger partial charge in [-0.3, -0.25) is 0 Å². The minimum absolute atomic E-state index is 0.860. The molecule has 0 spiro atoms. The van der Waals surface area contributed by atoms with Crippen molar-refractivity contribution in [3.8, 4) is 22.7 Å². The number of aromatic nitrogens is 4. The van der Waals surface area contributed by atoms with Crippen LogP contribution in [0.4, 0.5) is 0 Å². The lowest BCUT2D eigenvalue weighted by atomic mass is 10.1. The van der Waals surface area contributed by atoms with Crippen LogP contribution >= 0.6 is 0 Å². The summed E-state index contributed by atoms with van der Waals surface area (Å²) in [5.41, 5.74) is 15.6. The summed E-state index contributed by atoms with van der Waals surface area (Å²) in [4.78, 5) is 0. The molecule has 0 radical (unpaired) electrons. The van der Waals surface area contributed by atoms with E-state index in [0.717, 1.165) is 55.7 Å². The maximum absolute atomic E-state index is 6.77. The van der Waals surface area contributed by atoms with Gasteiger partial charge in [0.15, 0.2) is 0 Å². The number of furan rings is 1. The van der Waals surface area contributed by atoms with Crippen LogP contribution in [0.25, 0.3) is 132 Å². The standard InChI is InChI=1S/C60H36N4O/c1-7-20-49-40(14-1)41-15-2-8-21-50(41)61(49)37-29-32-55-47(34-37)44-18-5-9-22-51(44)62(55)38-30-33-56-48(35-38)45-19-6-10-23-52(45)63(56)39-28-31-46-59(36-39)65-58-27-13-26-57(60(46)58)64-53-24-11-3-16-42(53)43-17-4-12-25-54(43)64/h1-36H. The summed E-state index contributed by atoms with van der Waals surface area (Å²) in [5, 5.41) is 12.1. The highest BCUT2D eigenvalue weighted by atomic mass is 16.3. The van der Waals surface area contributed by atoms with Gasteiger partial charge in [0.25, 0.3) is 0 Å². The normalized spacial score (nSPS) is 12.3. The van der Waals surface area contributed by atoms with Crippen LogP contribution in [0.1, 0.15) is 0 Å². The number of rotatable bonds is 4. The lowest BCUT2D eigenvalue weighted by molar-refractivity contribution is 0.668. The molecule has 15 aromatic rings. The first kappa shape index (κ1) is 34.7. The van der Waals surface area contributed by atoms with E-state index >= 15 is 0 Å². The van der Waals surface area contributed by atoms with Crippen LogP contribution in [-0.2, 0) is 0 Å². The van der Waals surface area contributed by atoms with Gasteiger partial charge in [-0.2, -0.15) is 0 Å². The van der Waals surface area contributed by atoms with Crippen LogP contribution in [0.2, 0.25) is 0 Å². The second-order valence-corrected chi connectivity index (χ2v) is 17.3. The fourth-order valence-corrected chi connectivity index (χ4v) is 11.3. The number of fused-ring (bicyclic) bond motifs is 15. The Balaban J connectivity index is 0.903. The molecule has 5 heterocycles. The van der Waals surface area contributed by atoms with Crippen molar-refractivity contribution in [2.75, 3.05) is 0 Å². The molecule has 0 bridgehead atoms. The van der Waals surface area contributed by atoms with Crippen molar-refractivity contribution in [2.45, 2.75) is 0 Å². The zero-order valence-electron chi connectivity index (χ0n) is 35.0. The summed E-state index contributed by atoms with van der Waals surface area (Å²) >= 11 is 0. The van der Waals surface area contributed by atoms with E-state index in [2.05, 4.69) is 237 Å². The van der Waals surface area contributed by atoms with Crippen LogP contribution in [0.3, 0.4) is 0 Å². The Hall–Kier alpha value is -8.80. The molecule has 0 saturated carbocycles. The quantitative estimate of drug-likeness (QED) is 0.174. The van der Waals surface area contributed by atoms with Gasteiger partial charge in [0.1, 0.15) is 11.2 Å². The molecule has 0 amide bonds. The van der Waals surface area contributed by atoms with E-state index in [4.69, 9.17) is 4.42 Å². The number of nitrogens with zero attached hydrogens (tertiary/aromatic N) is 4. The Kier molecular flexibility index (Phi) is 6.89. The molecule has 0 atom stereocenters. The summed E-state index contributed by atoms with van der Waals surface area (Å²) in [7, 11) is 0. The maximum Gasteiger partial charge on any atom is 0.137 e. The topological polar surface area (TPSA) is 32.9 Å². The van der Waals surface area contributed by atoms with Crippen LogP contribution < -0.4 is 0 Å². The molecule has 0 aliphatic carbocycles. The smallest absolute Gasteiger partial charge is 0.137 e. The molecule has 302 valence electrons. The first-order valence-corrected chi connectivity index (χ1v) is 22.3. The Bertz CT molecular complexity index is 4380. The number of para-hydroxylation sites is 6. The van der Waals surface area contributed by atoms with E-state index in [1.807, 2.05) is 0 Å². The van der Waals surface area contributed by atoms with E-state index in [9.17, 15) is 0 Å². The van der Waals surface area contributed by atoms with Crippen molar-refractivity contribution < 1.29 is 4.42 Å². The molecule has 0 N–H and O–H groups in total. The zero-order valence-corrected chi connectivity index (χ0v) is 35.0. The molecule has 5 nitrogen and oxygen atoms in total. The summed E-state index contributed by atoms with van der Waals surface area (Å²) in [6.45, 7) is 0. The molecule has 65 heavy (non-hydrogen) atoms. The number of hydrogen-bond acceptors (Lipinski definition) is 1. The summed E-state index contributed by atoms with van der Waals surface area (Å²) in [6.07, 6.45) is 0. The van der Waals surface area contributed by atoms with Crippen molar-refractivity contribution in [2.24, 2.45) is 0 Å². The van der Waals surface area contributed by atoms with E-state index in [1.54, 1.807) is 0 Å². The van der Waals surface area contributed by atoms with Crippen molar-refractivity contribution in [3.05, 3.63) is 218 Å². The predicted octanol–water partition coefficient (Wildman–Crippen LogP) is 16.0. The average Bonchev–Trinajstić information content (AvgIpc) is 4.16. The Morgan fingerprint density at radius 3 is 1.03 bits per heavy atom. The molecule has 15 rings (SSSR count). The molecule has 5 aromatic heterocycles. The van der Waals surface area contributed by atoms with Crippen molar-refractivity contribution in [3.63, 3.8) is 0 Å². The molecule has 5 heteroatoms. The second-order valence-electron chi connectivity index (χ2n) is 17.3. The minimum Gasteiger partial charge on any atom is -0.456 e. The largest absolute Gasteiger partial charge is 0.456 e. The fraction of sp³-hybridized carbons (Fsp3) is 0. The lowest BCUT2D eigenvalue weighted by Crippen LogP contribution is -1.97. The van der Waals surface area contributed by atoms with Gasteiger partial charge >= 0.3 is 0 Å². The molecular weight excluding hydrogens is 793 g/mol. The molecule has 0 aliphatic rings. The first-order valence-electron chi connectivity index (χ1n) is 22.3. The fourth-order valence-electron chi connectivity index (χ4n) is 11.3. The van der Waals surface area contributed by atoms with Gasteiger partial charge in [0, 0.05) is 71.6 Å². The maximum atomic E-state index is 6.77. The van der Waals surface area contributed by atoms with Crippen molar-refractivity contribution in [1.29, 1.82) is 0 Å².